The molecule has 3 nitrogen and oxygen atoms in total. The van der Waals surface area contributed by atoms with E-state index < -0.39 is 0 Å². The Morgan fingerprint density at radius 2 is 2.07 bits per heavy atom. The fraction of sp³-hybridized carbons (Fsp3) is 0.111. The second-order valence-corrected chi connectivity index (χ2v) is 3.80. The van der Waals surface area contributed by atoms with Gasteiger partial charge in [0.25, 0.3) is 0 Å². The zero-order valence-corrected chi connectivity index (χ0v) is 8.91. The Hall–Kier alpha value is -1.06. The topological polar surface area (TPSA) is 47.3 Å². The minimum Gasteiger partial charge on any atom is -0.454 e. The number of nitrogens with one attached hydrogen (secondary N) is 1. The third kappa shape index (κ3) is 1.49. The molecule has 3 N–H and O–H groups in total. The number of ether oxygens (including phenoxy) is 1. The first kappa shape index (κ1) is 9.49. The Labute approximate surface area is 91.4 Å². The molecule has 0 bridgehead atoms. The van der Waals surface area contributed by atoms with Crippen molar-refractivity contribution in [1.29, 1.82) is 0 Å². The number of halogens is 2. The molecule has 1 heterocycles. The molecule has 1 aliphatic rings. The number of rotatable bonds is 0. The summed E-state index contributed by atoms with van der Waals surface area (Å²) >= 11 is 11.8. The molecule has 1 aliphatic heterocycles. The molecule has 0 fully saturated rings. The molecule has 74 valence electrons. The molecular formula is C9H8Cl2N2O. The quantitative estimate of drug-likeness (QED) is 0.721. The lowest BCUT2D eigenvalue weighted by Gasteiger charge is -2.21. The summed E-state index contributed by atoms with van der Waals surface area (Å²) in [7, 11) is 0. The zero-order chi connectivity index (χ0) is 10.3. The van der Waals surface area contributed by atoms with E-state index in [4.69, 9.17) is 33.7 Å². The lowest BCUT2D eigenvalue weighted by atomic mass is 10.2. The summed E-state index contributed by atoms with van der Waals surface area (Å²) in [4.78, 5) is 0. The monoisotopic (exact) mass is 230 g/mol. The van der Waals surface area contributed by atoms with Crippen LogP contribution >= 0.6 is 23.2 Å². The molecule has 0 aliphatic carbocycles. The van der Waals surface area contributed by atoms with Gasteiger partial charge in [-0.15, -0.1) is 0 Å². The molecule has 5 heteroatoms. The maximum atomic E-state index is 5.95. The Morgan fingerprint density at radius 3 is 2.79 bits per heavy atom. The number of hydrogen-bond acceptors (Lipinski definition) is 3. The molecule has 0 radical (unpaired) electrons. The SMILES string of the molecule is CC1=C(N)Nc2cc(Cl)cc(Cl)c2O1. The van der Waals surface area contributed by atoms with Gasteiger partial charge in [-0.25, -0.2) is 0 Å². The van der Waals surface area contributed by atoms with Crippen LogP contribution in [0.4, 0.5) is 5.69 Å². The molecule has 2 rings (SSSR count). The van der Waals surface area contributed by atoms with Gasteiger partial charge in [-0.1, -0.05) is 23.2 Å². The lowest BCUT2D eigenvalue weighted by molar-refractivity contribution is 0.416. The van der Waals surface area contributed by atoms with Crippen molar-refractivity contribution in [2.24, 2.45) is 5.73 Å². The van der Waals surface area contributed by atoms with Gasteiger partial charge >= 0.3 is 0 Å². The second kappa shape index (κ2) is 3.26. The first-order valence-corrected chi connectivity index (χ1v) is 4.74. The molecular weight excluding hydrogens is 223 g/mol. The van der Waals surface area contributed by atoms with E-state index in [2.05, 4.69) is 5.32 Å². The van der Waals surface area contributed by atoms with Crippen LogP contribution in [0.25, 0.3) is 0 Å². The van der Waals surface area contributed by atoms with Crippen molar-refractivity contribution in [1.82, 2.24) is 0 Å². The predicted molar refractivity (Wildman–Crippen MR) is 57.6 cm³/mol. The second-order valence-electron chi connectivity index (χ2n) is 2.96. The van der Waals surface area contributed by atoms with Crippen LogP contribution < -0.4 is 15.8 Å². The Bertz CT molecular complexity index is 429. The smallest absolute Gasteiger partial charge is 0.169 e. The van der Waals surface area contributed by atoms with Crippen LogP contribution in [-0.2, 0) is 0 Å². The predicted octanol–water partition coefficient (Wildman–Crippen LogP) is 2.95. The van der Waals surface area contributed by atoms with Crippen LogP contribution in [0, 0.1) is 0 Å². The van der Waals surface area contributed by atoms with Crippen molar-refractivity contribution in [3.05, 3.63) is 33.8 Å². The van der Waals surface area contributed by atoms with E-state index in [1.165, 1.54) is 0 Å². The fourth-order valence-corrected chi connectivity index (χ4v) is 1.73. The molecule has 0 amide bonds. The Morgan fingerprint density at radius 1 is 1.36 bits per heavy atom. The molecule has 1 aromatic rings. The highest BCUT2D eigenvalue weighted by atomic mass is 35.5. The van der Waals surface area contributed by atoms with Crippen molar-refractivity contribution in [3.63, 3.8) is 0 Å². The van der Waals surface area contributed by atoms with Gasteiger partial charge in [-0.3, -0.25) is 0 Å². The maximum absolute atomic E-state index is 5.95. The van der Waals surface area contributed by atoms with Crippen LogP contribution in [0.5, 0.6) is 5.75 Å². The number of anilines is 1. The summed E-state index contributed by atoms with van der Waals surface area (Å²) in [6.07, 6.45) is 0. The van der Waals surface area contributed by atoms with Crippen molar-refractivity contribution < 1.29 is 4.74 Å². The molecule has 0 atom stereocenters. The van der Waals surface area contributed by atoms with Crippen LogP contribution in [0.15, 0.2) is 23.7 Å². The summed E-state index contributed by atoms with van der Waals surface area (Å²) in [6, 6.07) is 3.33. The van der Waals surface area contributed by atoms with Crippen LogP contribution in [0.1, 0.15) is 6.92 Å². The first-order valence-electron chi connectivity index (χ1n) is 3.98. The highest BCUT2D eigenvalue weighted by molar-refractivity contribution is 6.36. The average molecular weight is 231 g/mol. The van der Waals surface area contributed by atoms with Gasteiger partial charge < -0.3 is 15.8 Å². The zero-order valence-electron chi connectivity index (χ0n) is 7.40. The number of allylic oxidation sites excluding steroid dienone is 1. The average Bonchev–Trinajstić information content (AvgIpc) is 2.08. The first-order chi connectivity index (χ1) is 6.58. The molecule has 0 saturated heterocycles. The largest absolute Gasteiger partial charge is 0.454 e. The maximum Gasteiger partial charge on any atom is 0.169 e. The minimum atomic E-state index is 0.465. The van der Waals surface area contributed by atoms with Crippen LogP contribution in [0.3, 0.4) is 0 Å². The molecule has 0 unspecified atom stereocenters. The van der Waals surface area contributed by atoms with Gasteiger partial charge in [0.05, 0.1) is 10.7 Å². The molecule has 0 saturated carbocycles. The van der Waals surface area contributed by atoms with Crippen molar-refractivity contribution in [3.8, 4) is 5.75 Å². The third-order valence-corrected chi connectivity index (χ3v) is 2.41. The molecule has 14 heavy (non-hydrogen) atoms. The fourth-order valence-electron chi connectivity index (χ4n) is 1.20. The van der Waals surface area contributed by atoms with E-state index in [1.807, 2.05) is 0 Å². The van der Waals surface area contributed by atoms with Gasteiger partial charge in [0, 0.05) is 5.02 Å². The molecule has 0 aromatic heterocycles. The third-order valence-electron chi connectivity index (χ3n) is 1.91. The molecule has 1 aromatic carbocycles. The number of nitrogens with two attached hydrogens (primary N) is 1. The normalized spacial score (nSPS) is 14.5. The van der Waals surface area contributed by atoms with Gasteiger partial charge in [0.1, 0.15) is 11.6 Å². The van der Waals surface area contributed by atoms with Gasteiger partial charge in [0.15, 0.2) is 5.75 Å². The Balaban J connectivity index is 2.53. The van der Waals surface area contributed by atoms with Gasteiger partial charge in [-0.2, -0.15) is 0 Å². The van der Waals surface area contributed by atoms with Crippen LogP contribution in [-0.4, -0.2) is 0 Å². The Kier molecular flexibility index (Phi) is 2.21. The highest BCUT2D eigenvalue weighted by Crippen LogP contribution is 2.40. The summed E-state index contributed by atoms with van der Waals surface area (Å²) < 4.78 is 5.43. The van der Waals surface area contributed by atoms with E-state index in [0.29, 0.717) is 33.1 Å². The van der Waals surface area contributed by atoms with Crippen molar-refractivity contribution >= 4 is 28.9 Å². The number of fused-ring (bicyclic) bond motifs is 1. The summed E-state index contributed by atoms with van der Waals surface area (Å²) in [5.41, 5.74) is 6.34. The van der Waals surface area contributed by atoms with E-state index >= 15 is 0 Å². The minimum absolute atomic E-state index is 0.465. The standard InChI is InChI=1S/C9H8Cl2N2O/c1-4-9(12)13-7-3-5(10)2-6(11)8(7)14-4/h2-3,13H,12H2,1H3. The van der Waals surface area contributed by atoms with Crippen molar-refractivity contribution in [2.45, 2.75) is 6.92 Å². The van der Waals surface area contributed by atoms with Gasteiger partial charge in [-0.05, 0) is 19.1 Å². The summed E-state index contributed by atoms with van der Waals surface area (Å²) in [5, 5.41) is 3.96. The van der Waals surface area contributed by atoms with E-state index in [0.717, 1.165) is 0 Å². The number of benzene rings is 1. The number of hydrogen-bond donors (Lipinski definition) is 2. The van der Waals surface area contributed by atoms with E-state index in [1.54, 1.807) is 19.1 Å². The van der Waals surface area contributed by atoms with Crippen LogP contribution in [0.2, 0.25) is 10.0 Å². The van der Waals surface area contributed by atoms with Gasteiger partial charge in [0.2, 0.25) is 0 Å². The van der Waals surface area contributed by atoms with E-state index in [-0.39, 0.29) is 0 Å². The summed E-state index contributed by atoms with van der Waals surface area (Å²) in [5.74, 6) is 1.63. The lowest BCUT2D eigenvalue weighted by Crippen LogP contribution is -2.19. The van der Waals surface area contributed by atoms with Crippen molar-refractivity contribution in [2.75, 3.05) is 5.32 Å². The highest BCUT2D eigenvalue weighted by Gasteiger charge is 2.18. The van der Waals surface area contributed by atoms with E-state index in [9.17, 15) is 0 Å². The molecule has 0 spiro atoms. The summed E-state index contributed by atoms with van der Waals surface area (Å²) in [6.45, 7) is 1.76.